The molecular formula is C17H17N3O2. The highest BCUT2D eigenvalue weighted by Gasteiger charge is 2.28. The fraction of sp³-hybridized carbons (Fsp3) is 0.294. The Kier molecular flexibility index (Phi) is 3.48. The molecule has 5 nitrogen and oxygen atoms in total. The van der Waals surface area contributed by atoms with E-state index >= 15 is 0 Å². The normalized spacial score (nSPS) is 18.8. The van der Waals surface area contributed by atoms with Gasteiger partial charge in [-0.05, 0) is 30.7 Å². The number of furan rings is 1. The highest BCUT2D eigenvalue weighted by atomic mass is 16.4. The van der Waals surface area contributed by atoms with Crippen LogP contribution in [-0.2, 0) is 6.54 Å². The molecule has 0 radical (unpaired) electrons. The predicted octanol–water partition coefficient (Wildman–Crippen LogP) is 3.32. The molecule has 5 heteroatoms. The second-order valence-electron chi connectivity index (χ2n) is 5.63. The lowest BCUT2D eigenvalue weighted by Crippen LogP contribution is -2.19. The van der Waals surface area contributed by atoms with Crippen LogP contribution in [0.15, 0.2) is 57.6 Å². The molecule has 0 spiro atoms. The lowest BCUT2D eigenvalue weighted by Gasteiger charge is -2.14. The number of benzene rings is 1. The van der Waals surface area contributed by atoms with Crippen LogP contribution in [0, 0.1) is 0 Å². The van der Waals surface area contributed by atoms with E-state index in [0.29, 0.717) is 23.5 Å². The Morgan fingerprint density at radius 1 is 1.09 bits per heavy atom. The molecule has 1 unspecified atom stereocenters. The van der Waals surface area contributed by atoms with Gasteiger partial charge in [0, 0.05) is 13.1 Å². The molecule has 1 saturated heterocycles. The summed E-state index contributed by atoms with van der Waals surface area (Å²) in [4.78, 5) is 2.43. The molecule has 3 aromatic rings. The number of rotatable bonds is 4. The summed E-state index contributed by atoms with van der Waals surface area (Å²) in [5.74, 6) is 2.10. The van der Waals surface area contributed by atoms with Gasteiger partial charge >= 0.3 is 0 Å². The van der Waals surface area contributed by atoms with Gasteiger partial charge in [-0.25, -0.2) is 0 Å². The number of likely N-dealkylation sites (tertiary alicyclic amines) is 1. The Morgan fingerprint density at radius 2 is 2.00 bits per heavy atom. The lowest BCUT2D eigenvalue weighted by atomic mass is 10.1. The third kappa shape index (κ3) is 2.67. The quantitative estimate of drug-likeness (QED) is 0.739. The van der Waals surface area contributed by atoms with Gasteiger partial charge in [0.25, 0.3) is 5.89 Å². The summed E-state index contributed by atoms with van der Waals surface area (Å²) in [5.41, 5.74) is 1.34. The number of nitrogens with zero attached hydrogens (tertiary/aromatic N) is 3. The van der Waals surface area contributed by atoms with Crippen LogP contribution in [0.1, 0.15) is 23.8 Å². The third-order valence-electron chi connectivity index (χ3n) is 4.04. The van der Waals surface area contributed by atoms with Gasteiger partial charge in [-0.3, -0.25) is 4.90 Å². The molecule has 1 aliphatic rings. The highest BCUT2D eigenvalue weighted by molar-refractivity contribution is 5.42. The molecule has 0 aliphatic carbocycles. The van der Waals surface area contributed by atoms with Crippen molar-refractivity contribution in [2.24, 2.45) is 0 Å². The average Bonchev–Trinajstić information content (AvgIpc) is 3.29. The first-order valence-corrected chi connectivity index (χ1v) is 7.52. The minimum absolute atomic E-state index is 0.305. The molecule has 1 aliphatic heterocycles. The second kappa shape index (κ2) is 5.77. The summed E-state index contributed by atoms with van der Waals surface area (Å²) in [6.07, 6.45) is 2.66. The summed E-state index contributed by atoms with van der Waals surface area (Å²) in [7, 11) is 0. The van der Waals surface area contributed by atoms with Crippen LogP contribution < -0.4 is 0 Å². The van der Waals surface area contributed by atoms with Crippen molar-refractivity contribution >= 4 is 0 Å². The highest BCUT2D eigenvalue weighted by Crippen LogP contribution is 2.29. The zero-order chi connectivity index (χ0) is 14.8. The smallest absolute Gasteiger partial charge is 0.283 e. The molecule has 0 amide bonds. The van der Waals surface area contributed by atoms with E-state index < -0.39 is 0 Å². The Balaban J connectivity index is 1.42. The van der Waals surface area contributed by atoms with Crippen LogP contribution >= 0.6 is 0 Å². The maximum absolute atomic E-state index is 5.77. The van der Waals surface area contributed by atoms with Crippen molar-refractivity contribution in [1.82, 2.24) is 15.1 Å². The summed E-state index contributed by atoms with van der Waals surface area (Å²) < 4.78 is 11.1. The van der Waals surface area contributed by atoms with E-state index in [1.807, 2.05) is 18.2 Å². The van der Waals surface area contributed by atoms with Crippen molar-refractivity contribution in [3.05, 3.63) is 60.2 Å². The van der Waals surface area contributed by atoms with Gasteiger partial charge in [0.05, 0.1) is 12.2 Å². The Morgan fingerprint density at radius 3 is 2.82 bits per heavy atom. The van der Waals surface area contributed by atoms with Crippen molar-refractivity contribution in [3.8, 4) is 11.7 Å². The van der Waals surface area contributed by atoms with Gasteiger partial charge in [0.1, 0.15) is 0 Å². The zero-order valence-corrected chi connectivity index (χ0v) is 12.2. The van der Waals surface area contributed by atoms with Gasteiger partial charge < -0.3 is 8.83 Å². The van der Waals surface area contributed by atoms with E-state index in [9.17, 15) is 0 Å². The van der Waals surface area contributed by atoms with Gasteiger partial charge in [-0.15, -0.1) is 10.2 Å². The molecule has 4 rings (SSSR count). The standard InChI is InChI=1S/C17H17N3O2/c1-2-5-13(6-3-1)11-20-9-8-14(12-20)16-18-19-17(22-16)15-7-4-10-21-15/h1-7,10,14H,8-9,11-12H2. The van der Waals surface area contributed by atoms with Crippen molar-refractivity contribution in [2.45, 2.75) is 18.9 Å². The molecule has 2 aromatic heterocycles. The molecule has 0 saturated carbocycles. The molecule has 0 bridgehead atoms. The average molecular weight is 295 g/mol. The number of hydrogen-bond donors (Lipinski definition) is 0. The van der Waals surface area contributed by atoms with Crippen LogP contribution in [-0.4, -0.2) is 28.2 Å². The fourth-order valence-electron chi connectivity index (χ4n) is 2.92. The lowest BCUT2D eigenvalue weighted by molar-refractivity contribution is 0.320. The largest absolute Gasteiger partial charge is 0.459 e. The van der Waals surface area contributed by atoms with Crippen LogP contribution in [0.25, 0.3) is 11.7 Å². The van der Waals surface area contributed by atoms with Crippen molar-refractivity contribution in [1.29, 1.82) is 0 Å². The molecule has 3 heterocycles. The Labute approximate surface area is 128 Å². The molecule has 1 atom stereocenters. The Bertz CT molecular complexity index is 721. The topological polar surface area (TPSA) is 55.3 Å². The van der Waals surface area contributed by atoms with E-state index in [1.54, 1.807) is 6.26 Å². The first-order valence-electron chi connectivity index (χ1n) is 7.52. The second-order valence-corrected chi connectivity index (χ2v) is 5.63. The van der Waals surface area contributed by atoms with Crippen LogP contribution in [0.5, 0.6) is 0 Å². The maximum atomic E-state index is 5.77. The van der Waals surface area contributed by atoms with Crippen LogP contribution in [0.2, 0.25) is 0 Å². The van der Waals surface area contributed by atoms with Gasteiger partial charge in [-0.1, -0.05) is 30.3 Å². The van der Waals surface area contributed by atoms with Crippen LogP contribution in [0.3, 0.4) is 0 Å². The molecule has 1 fully saturated rings. The molecule has 112 valence electrons. The van der Waals surface area contributed by atoms with Crippen molar-refractivity contribution in [2.75, 3.05) is 13.1 Å². The minimum atomic E-state index is 0.305. The fourth-order valence-corrected chi connectivity index (χ4v) is 2.92. The third-order valence-corrected chi connectivity index (χ3v) is 4.04. The van der Waals surface area contributed by atoms with Crippen molar-refractivity contribution in [3.63, 3.8) is 0 Å². The van der Waals surface area contributed by atoms with Gasteiger partial charge in [0.15, 0.2) is 5.76 Å². The predicted molar refractivity (Wildman–Crippen MR) is 81.1 cm³/mol. The number of aromatic nitrogens is 2. The Hall–Kier alpha value is -2.40. The van der Waals surface area contributed by atoms with Gasteiger partial charge in [-0.2, -0.15) is 0 Å². The van der Waals surface area contributed by atoms with E-state index in [2.05, 4.69) is 39.4 Å². The molecule has 0 N–H and O–H groups in total. The van der Waals surface area contributed by atoms with E-state index in [1.165, 1.54) is 5.56 Å². The van der Waals surface area contributed by atoms with E-state index in [0.717, 1.165) is 26.1 Å². The SMILES string of the molecule is c1ccc(CN2CCC(c3nnc(-c4ccco4)o3)C2)cc1. The summed E-state index contributed by atoms with van der Waals surface area (Å²) >= 11 is 0. The maximum Gasteiger partial charge on any atom is 0.283 e. The summed E-state index contributed by atoms with van der Waals surface area (Å²) in [6.45, 7) is 2.98. The van der Waals surface area contributed by atoms with Gasteiger partial charge in [0.2, 0.25) is 5.89 Å². The summed E-state index contributed by atoms with van der Waals surface area (Å²) in [5, 5.41) is 8.28. The zero-order valence-electron chi connectivity index (χ0n) is 12.2. The van der Waals surface area contributed by atoms with Crippen molar-refractivity contribution < 1.29 is 8.83 Å². The minimum Gasteiger partial charge on any atom is -0.459 e. The van der Waals surface area contributed by atoms with Crippen LogP contribution in [0.4, 0.5) is 0 Å². The monoisotopic (exact) mass is 295 g/mol. The molecule has 22 heavy (non-hydrogen) atoms. The first-order chi connectivity index (χ1) is 10.9. The first kappa shape index (κ1) is 13.3. The van der Waals surface area contributed by atoms with E-state index in [-0.39, 0.29) is 0 Å². The molecule has 1 aromatic carbocycles. The number of hydrogen-bond acceptors (Lipinski definition) is 5. The van der Waals surface area contributed by atoms with E-state index in [4.69, 9.17) is 8.83 Å². The summed E-state index contributed by atoms with van der Waals surface area (Å²) in [6, 6.07) is 14.2. The molecular weight excluding hydrogens is 278 g/mol.